The van der Waals surface area contributed by atoms with Crippen LogP contribution >= 0.6 is 0 Å². The highest BCUT2D eigenvalue weighted by atomic mass is 16.5. The Morgan fingerprint density at radius 3 is 2.63 bits per heavy atom. The van der Waals surface area contributed by atoms with E-state index >= 15 is 0 Å². The Kier molecular flexibility index (Phi) is 5.37. The SMILES string of the molecule is CCNCCc1nc(C2CCC(C(C)C)CC2)no1. The summed E-state index contributed by atoms with van der Waals surface area (Å²) < 4.78 is 5.34. The van der Waals surface area contributed by atoms with Crippen molar-refractivity contribution in [3.8, 4) is 0 Å². The van der Waals surface area contributed by atoms with Gasteiger partial charge in [0, 0.05) is 18.9 Å². The fourth-order valence-corrected chi connectivity index (χ4v) is 2.95. The second-order valence-corrected chi connectivity index (χ2v) is 6.01. The lowest BCUT2D eigenvalue weighted by Crippen LogP contribution is -2.18. The minimum atomic E-state index is 0.520. The Balaban J connectivity index is 1.82. The standard InChI is InChI=1S/C15H27N3O/c1-4-16-10-9-14-17-15(18-19-14)13-7-5-12(6-8-13)11(2)3/h11-13,16H,4-10H2,1-3H3. The summed E-state index contributed by atoms with van der Waals surface area (Å²) in [5.74, 6) is 3.93. The van der Waals surface area contributed by atoms with E-state index in [0.29, 0.717) is 5.92 Å². The maximum atomic E-state index is 5.34. The number of aromatic nitrogens is 2. The first-order valence-electron chi connectivity index (χ1n) is 7.73. The van der Waals surface area contributed by atoms with Gasteiger partial charge >= 0.3 is 0 Å². The molecule has 1 fully saturated rings. The summed E-state index contributed by atoms with van der Waals surface area (Å²) in [4.78, 5) is 4.56. The maximum absolute atomic E-state index is 5.34. The molecule has 0 radical (unpaired) electrons. The van der Waals surface area contributed by atoms with Gasteiger partial charge in [-0.15, -0.1) is 0 Å². The van der Waals surface area contributed by atoms with E-state index in [1.165, 1.54) is 25.7 Å². The van der Waals surface area contributed by atoms with Crippen molar-refractivity contribution in [3.63, 3.8) is 0 Å². The van der Waals surface area contributed by atoms with Crippen LogP contribution in [0.5, 0.6) is 0 Å². The molecule has 4 nitrogen and oxygen atoms in total. The molecule has 0 aliphatic heterocycles. The lowest BCUT2D eigenvalue weighted by Gasteiger charge is -2.29. The Hall–Kier alpha value is -0.900. The summed E-state index contributed by atoms with van der Waals surface area (Å²) in [7, 11) is 0. The molecule has 1 aliphatic carbocycles. The average molecular weight is 265 g/mol. The quantitative estimate of drug-likeness (QED) is 0.803. The molecule has 1 aromatic heterocycles. The Labute approximate surface area is 116 Å². The van der Waals surface area contributed by atoms with Crippen LogP contribution in [0.4, 0.5) is 0 Å². The molecule has 1 aliphatic rings. The molecule has 1 saturated carbocycles. The van der Waals surface area contributed by atoms with Crippen LogP contribution in [0, 0.1) is 11.8 Å². The predicted molar refractivity (Wildman–Crippen MR) is 76.1 cm³/mol. The summed E-state index contributed by atoms with van der Waals surface area (Å²) in [6, 6.07) is 0. The van der Waals surface area contributed by atoms with E-state index in [4.69, 9.17) is 4.52 Å². The molecule has 4 heteroatoms. The van der Waals surface area contributed by atoms with Gasteiger partial charge in [-0.25, -0.2) is 0 Å². The summed E-state index contributed by atoms with van der Waals surface area (Å²) in [5, 5.41) is 7.45. The number of likely N-dealkylation sites (N-methyl/N-ethyl adjacent to an activating group) is 1. The van der Waals surface area contributed by atoms with Gasteiger partial charge in [-0.05, 0) is 44.1 Å². The van der Waals surface area contributed by atoms with Gasteiger partial charge in [0.25, 0.3) is 0 Å². The van der Waals surface area contributed by atoms with Gasteiger partial charge in [-0.2, -0.15) is 4.98 Å². The molecule has 1 aromatic rings. The van der Waals surface area contributed by atoms with Crippen molar-refractivity contribution in [2.24, 2.45) is 11.8 Å². The highest BCUT2D eigenvalue weighted by Crippen LogP contribution is 2.37. The Morgan fingerprint density at radius 1 is 1.26 bits per heavy atom. The minimum Gasteiger partial charge on any atom is -0.339 e. The molecule has 0 spiro atoms. The van der Waals surface area contributed by atoms with E-state index < -0.39 is 0 Å². The van der Waals surface area contributed by atoms with Crippen LogP contribution < -0.4 is 5.32 Å². The van der Waals surface area contributed by atoms with Crippen molar-refractivity contribution >= 4 is 0 Å². The first kappa shape index (κ1) is 14.5. The zero-order chi connectivity index (χ0) is 13.7. The van der Waals surface area contributed by atoms with Crippen LogP contribution in [0.25, 0.3) is 0 Å². The normalized spacial score (nSPS) is 24.0. The molecule has 0 bridgehead atoms. The third-order valence-corrected chi connectivity index (χ3v) is 4.33. The average Bonchev–Trinajstić information content (AvgIpc) is 2.88. The molecule has 0 unspecified atom stereocenters. The molecule has 0 atom stereocenters. The monoisotopic (exact) mass is 265 g/mol. The fraction of sp³-hybridized carbons (Fsp3) is 0.867. The van der Waals surface area contributed by atoms with E-state index in [1.54, 1.807) is 0 Å². The lowest BCUT2D eigenvalue weighted by molar-refractivity contribution is 0.251. The Bertz CT molecular complexity index is 367. The van der Waals surface area contributed by atoms with E-state index in [0.717, 1.165) is 43.1 Å². The van der Waals surface area contributed by atoms with Crippen LogP contribution in [0.2, 0.25) is 0 Å². The smallest absolute Gasteiger partial charge is 0.227 e. The van der Waals surface area contributed by atoms with Crippen molar-refractivity contribution in [3.05, 3.63) is 11.7 Å². The van der Waals surface area contributed by atoms with Gasteiger partial charge in [-0.1, -0.05) is 25.9 Å². The zero-order valence-electron chi connectivity index (χ0n) is 12.5. The van der Waals surface area contributed by atoms with Crippen LogP contribution in [-0.2, 0) is 6.42 Å². The van der Waals surface area contributed by atoms with E-state index in [1.807, 2.05) is 0 Å². The Morgan fingerprint density at radius 2 is 2.00 bits per heavy atom. The summed E-state index contributed by atoms with van der Waals surface area (Å²) in [6.07, 6.45) is 5.89. The number of hydrogen-bond donors (Lipinski definition) is 1. The van der Waals surface area contributed by atoms with Gasteiger partial charge in [-0.3, -0.25) is 0 Å². The summed E-state index contributed by atoms with van der Waals surface area (Å²) >= 11 is 0. The predicted octanol–water partition coefficient (Wildman–Crippen LogP) is 3.15. The van der Waals surface area contributed by atoms with Crippen molar-refractivity contribution in [2.45, 2.75) is 58.8 Å². The lowest BCUT2D eigenvalue weighted by atomic mass is 9.77. The molecule has 1 N–H and O–H groups in total. The molecule has 2 rings (SSSR count). The maximum Gasteiger partial charge on any atom is 0.227 e. The molecule has 0 aromatic carbocycles. The largest absolute Gasteiger partial charge is 0.339 e. The second kappa shape index (κ2) is 7.04. The zero-order valence-corrected chi connectivity index (χ0v) is 12.5. The van der Waals surface area contributed by atoms with Crippen molar-refractivity contribution in [2.75, 3.05) is 13.1 Å². The highest BCUT2D eigenvalue weighted by Gasteiger charge is 2.27. The first-order chi connectivity index (χ1) is 9.20. The third-order valence-electron chi connectivity index (χ3n) is 4.33. The van der Waals surface area contributed by atoms with Crippen LogP contribution in [0.3, 0.4) is 0 Å². The van der Waals surface area contributed by atoms with E-state index in [-0.39, 0.29) is 0 Å². The molecule has 0 saturated heterocycles. The third kappa shape index (κ3) is 4.03. The highest BCUT2D eigenvalue weighted by molar-refractivity contribution is 4.98. The molecular formula is C15H27N3O. The summed E-state index contributed by atoms with van der Waals surface area (Å²) in [6.45, 7) is 8.67. The molecule has 1 heterocycles. The van der Waals surface area contributed by atoms with Gasteiger partial charge < -0.3 is 9.84 Å². The fourth-order valence-electron chi connectivity index (χ4n) is 2.95. The number of hydrogen-bond acceptors (Lipinski definition) is 4. The molecular weight excluding hydrogens is 238 g/mol. The van der Waals surface area contributed by atoms with Gasteiger partial charge in [0.15, 0.2) is 5.82 Å². The number of nitrogens with one attached hydrogen (secondary N) is 1. The van der Waals surface area contributed by atoms with E-state index in [2.05, 4.69) is 36.2 Å². The van der Waals surface area contributed by atoms with Gasteiger partial charge in [0.05, 0.1) is 0 Å². The molecule has 0 amide bonds. The van der Waals surface area contributed by atoms with Gasteiger partial charge in [0.2, 0.25) is 5.89 Å². The van der Waals surface area contributed by atoms with Gasteiger partial charge in [0.1, 0.15) is 0 Å². The van der Waals surface area contributed by atoms with Crippen LogP contribution in [0.1, 0.15) is 64.1 Å². The van der Waals surface area contributed by atoms with E-state index in [9.17, 15) is 0 Å². The van der Waals surface area contributed by atoms with Crippen molar-refractivity contribution in [1.29, 1.82) is 0 Å². The number of rotatable bonds is 6. The summed E-state index contributed by atoms with van der Waals surface area (Å²) in [5.41, 5.74) is 0. The van der Waals surface area contributed by atoms with Crippen LogP contribution in [-0.4, -0.2) is 23.2 Å². The first-order valence-corrected chi connectivity index (χ1v) is 7.73. The van der Waals surface area contributed by atoms with Crippen LogP contribution in [0.15, 0.2) is 4.52 Å². The second-order valence-electron chi connectivity index (χ2n) is 6.01. The van der Waals surface area contributed by atoms with Crippen molar-refractivity contribution < 1.29 is 4.52 Å². The topological polar surface area (TPSA) is 51.0 Å². The van der Waals surface area contributed by atoms with Crippen molar-refractivity contribution in [1.82, 2.24) is 15.5 Å². The molecule has 19 heavy (non-hydrogen) atoms. The minimum absolute atomic E-state index is 0.520. The number of nitrogens with zero attached hydrogens (tertiary/aromatic N) is 2. The molecule has 108 valence electrons.